The van der Waals surface area contributed by atoms with E-state index in [2.05, 4.69) is 20.0 Å². The molecule has 6 heteroatoms. The maximum Gasteiger partial charge on any atom is 0.226 e. The number of oxime groups is 1. The van der Waals surface area contributed by atoms with E-state index in [0.29, 0.717) is 17.7 Å². The molecule has 1 aliphatic rings. The van der Waals surface area contributed by atoms with Gasteiger partial charge in [-0.1, -0.05) is 24.4 Å². The van der Waals surface area contributed by atoms with E-state index in [9.17, 15) is 0 Å². The Morgan fingerprint density at radius 1 is 1.37 bits per heavy atom. The number of aryl methyl sites for hydroxylation is 1. The molecule has 2 rings (SSSR count). The van der Waals surface area contributed by atoms with Crippen molar-refractivity contribution in [3.63, 3.8) is 0 Å². The monoisotopic (exact) mass is 263 g/mol. The first-order chi connectivity index (χ1) is 9.11. The number of aromatic nitrogens is 2. The number of rotatable bonds is 3. The Morgan fingerprint density at radius 3 is 2.68 bits per heavy atom. The van der Waals surface area contributed by atoms with Gasteiger partial charge in [-0.25, -0.2) is 9.97 Å². The normalized spacial score (nSPS) is 17.5. The minimum absolute atomic E-state index is 0.0174. The molecule has 3 N–H and O–H groups in total. The third kappa shape index (κ3) is 3.13. The summed E-state index contributed by atoms with van der Waals surface area (Å²) < 4.78 is 0. The number of hydrogen-bond acceptors (Lipinski definition) is 5. The predicted molar refractivity (Wildman–Crippen MR) is 74.6 cm³/mol. The Hall–Kier alpha value is -1.85. The van der Waals surface area contributed by atoms with Crippen molar-refractivity contribution in [2.24, 2.45) is 10.9 Å². The van der Waals surface area contributed by atoms with Crippen molar-refractivity contribution in [3.05, 3.63) is 17.5 Å². The fourth-order valence-corrected chi connectivity index (χ4v) is 2.52. The Balaban J connectivity index is 2.25. The molecule has 1 aromatic rings. The summed E-state index contributed by atoms with van der Waals surface area (Å²) in [5, 5.41) is 11.7. The van der Waals surface area contributed by atoms with Crippen LogP contribution in [0, 0.1) is 6.92 Å². The zero-order chi connectivity index (χ0) is 13.8. The molecular formula is C13H21N5O. The average molecular weight is 263 g/mol. The van der Waals surface area contributed by atoms with Crippen LogP contribution in [0.15, 0.2) is 11.2 Å². The van der Waals surface area contributed by atoms with Gasteiger partial charge in [0.1, 0.15) is 5.69 Å². The van der Waals surface area contributed by atoms with Gasteiger partial charge in [0.25, 0.3) is 0 Å². The van der Waals surface area contributed by atoms with Crippen LogP contribution in [0.2, 0.25) is 0 Å². The van der Waals surface area contributed by atoms with Crippen LogP contribution < -0.4 is 10.6 Å². The first kappa shape index (κ1) is 13.6. The summed E-state index contributed by atoms with van der Waals surface area (Å²) in [6.45, 7) is 1.88. The predicted octanol–water partition coefficient (Wildman–Crippen LogP) is 1.65. The van der Waals surface area contributed by atoms with Gasteiger partial charge in [0.15, 0.2) is 5.84 Å². The van der Waals surface area contributed by atoms with Gasteiger partial charge in [0, 0.05) is 18.8 Å². The highest BCUT2D eigenvalue weighted by molar-refractivity contribution is 5.95. The topological polar surface area (TPSA) is 87.6 Å². The van der Waals surface area contributed by atoms with Crippen molar-refractivity contribution >= 4 is 11.8 Å². The van der Waals surface area contributed by atoms with E-state index >= 15 is 0 Å². The molecule has 1 heterocycles. The van der Waals surface area contributed by atoms with Gasteiger partial charge in [-0.15, -0.1) is 0 Å². The van der Waals surface area contributed by atoms with E-state index in [1.54, 1.807) is 6.07 Å². The molecule has 0 bridgehead atoms. The van der Waals surface area contributed by atoms with E-state index in [0.717, 1.165) is 5.69 Å². The molecule has 1 saturated carbocycles. The van der Waals surface area contributed by atoms with Crippen LogP contribution in [0.4, 0.5) is 5.95 Å². The van der Waals surface area contributed by atoms with E-state index in [4.69, 9.17) is 10.9 Å². The Morgan fingerprint density at radius 2 is 2.05 bits per heavy atom. The molecule has 0 radical (unpaired) electrons. The SMILES string of the molecule is Cc1cc(/C(N)=N/O)nc(N(C)C2CCCCC2)n1. The van der Waals surface area contributed by atoms with Crippen molar-refractivity contribution in [3.8, 4) is 0 Å². The van der Waals surface area contributed by atoms with Crippen molar-refractivity contribution in [2.75, 3.05) is 11.9 Å². The van der Waals surface area contributed by atoms with Gasteiger partial charge in [0.05, 0.1) is 0 Å². The Kier molecular flexibility index (Phi) is 4.19. The van der Waals surface area contributed by atoms with Crippen molar-refractivity contribution in [1.29, 1.82) is 0 Å². The Bertz CT molecular complexity index is 468. The third-order valence-electron chi connectivity index (χ3n) is 3.65. The first-order valence-electron chi connectivity index (χ1n) is 6.68. The zero-order valence-corrected chi connectivity index (χ0v) is 11.5. The van der Waals surface area contributed by atoms with Crippen LogP contribution >= 0.6 is 0 Å². The second kappa shape index (κ2) is 5.86. The summed E-state index contributed by atoms with van der Waals surface area (Å²) in [6.07, 6.45) is 6.18. The van der Waals surface area contributed by atoms with Crippen LogP contribution in [0.3, 0.4) is 0 Å². The summed E-state index contributed by atoms with van der Waals surface area (Å²) >= 11 is 0. The lowest BCUT2D eigenvalue weighted by Crippen LogP contribution is -2.35. The highest BCUT2D eigenvalue weighted by atomic mass is 16.4. The number of hydrogen-bond donors (Lipinski definition) is 2. The van der Waals surface area contributed by atoms with Crippen LogP contribution in [-0.2, 0) is 0 Å². The standard InChI is InChI=1S/C13H21N5O/c1-9-8-11(12(14)17-19)16-13(15-9)18(2)10-6-4-3-5-7-10/h8,10,19H,3-7H2,1-2H3,(H2,14,17). The second-order valence-corrected chi connectivity index (χ2v) is 5.08. The summed E-state index contributed by atoms with van der Waals surface area (Å²) in [7, 11) is 2.01. The number of nitrogens with zero attached hydrogens (tertiary/aromatic N) is 4. The molecular weight excluding hydrogens is 242 g/mol. The van der Waals surface area contributed by atoms with Crippen molar-refractivity contribution < 1.29 is 5.21 Å². The fraction of sp³-hybridized carbons (Fsp3) is 0.615. The lowest BCUT2D eigenvalue weighted by molar-refractivity contribution is 0.318. The molecule has 1 aromatic heterocycles. The van der Waals surface area contributed by atoms with Gasteiger partial charge >= 0.3 is 0 Å². The number of anilines is 1. The molecule has 1 aliphatic carbocycles. The average Bonchev–Trinajstić information content (AvgIpc) is 2.45. The van der Waals surface area contributed by atoms with Gasteiger partial charge < -0.3 is 15.8 Å². The first-order valence-corrected chi connectivity index (χ1v) is 6.68. The van der Waals surface area contributed by atoms with E-state index < -0.39 is 0 Å². The highest BCUT2D eigenvalue weighted by Gasteiger charge is 2.21. The molecule has 0 amide bonds. The van der Waals surface area contributed by atoms with Crippen LogP contribution in [-0.4, -0.2) is 34.1 Å². The Labute approximate surface area is 113 Å². The van der Waals surface area contributed by atoms with Gasteiger partial charge in [-0.3, -0.25) is 0 Å². The quantitative estimate of drug-likeness (QED) is 0.375. The molecule has 6 nitrogen and oxygen atoms in total. The van der Waals surface area contributed by atoms with Crippen LogP contribution in [0.25, 0.3) is 0 Å². The summed E-state index contributed by atoms with van der Waals surface area (Å²) in [4.78, 5) is 10.9. The molecule has 0 aromatic carbocycles. The van der Waals surface area contributed by atoms with Gasteiger partial charge in [-0.2, -0.15) is 0 Å². The smallest absolute Gasteiger partial charge is 0.226 e. The molecule has 0 atom stereocenters. The molecule has 0 saturated heterocycles. The zero-order valence-electron chi connectivity index (χ0n) is 11.5. The minimum atomic E-state index is 0.0174. The molecule has 1 fully saturated rings. The lowest BCUT2D eigenvalue weighted by atomic mass is 9.95. The second-order valence-electron chi connectivity index (χ2n) is 5.08. The molecule has 19 heavy (non-hydrogen) atoms. The molecule has 0 aliphatic heterocycles. The van der Waals surface area contributed by atoms with Crippen molar-refractivity contribution in [2.45, 2.75) is 45.1 Å². The minimum Gasteiger partial charge on any atom is -0.409 e. The van der Waals surface area contributed by atoms with E-state index in [1.807, 2.05) is 14.0 Å². The van der Waals surface area contributed by atoms with Gasteiger partial charge in [0.2, 0.25) is 5.95 Å². The fourth-order valence-electron chi connectivity index (χ4n) is 2.52. The number of nitrogens with two attached hydrogens (primary N) is 1. The lowest BCUT2D eigenvalue weighted by Gasteiger charge is -2.31. The van der Waals surface area contributed by atoms with E-state index in [1.165, 1.54) is 32.1 Å². The summed E-state index contributed by atoms with van der Waals surface area (Å²) in [5.41, 5.74) is 6.88. The van der Waals surface area contributed by atoms with Gasteiger partial charge in [-0.05, 0) is 25.8 Å². The van der Waals surface area contributed by atoms with Crippen molar-refractivity contribution in [1.82, 2.24) is 9.97 Å². The van der Waals surface area contributed by atoms with E-state index in [-0.39, 0.29) is 5.84 Å². The maximum absolute atomic E-state index is 8.75. The highest BCUT2D eigenvalue weighted by Crippen LogP contribution is 2.24. The molecule has 104 valence electrons. The number of amidine groups is 1. The molecule has 0 spiro atoms. The summed E-state index contributed by atoms with van der Waals surface area (Å²) in [6, 6.07) is 2.20. The third-order valence-corrected chi connectivity index (χ3v) is 3.65. The maximum atomic E-state index is 8.75. The van der Waals surface area contributed by atoms with Crippen LogP contribution in [0.1, 0.15) is 43.5 Å². The van der Waals surface area contributed by atoms with Crippen LogP contribution in [0.5, 0.6) is 0 Å². The largest absolute Gasteiger partial charge is 0.409 e. The summed E-state index contributed by atoms with van der Waals surface area (Å²) in [5.74, 6) is 0.664. The molecule has 0 unspecified atom stereocenters.